The van der Waals surface area contributed by atoms with Gasteiger partial charge in [-0.15, -0.1) is 0 Å². The molecule has 27 heavy (non-hydrogen) atoms. The van der Waals surface area contributed by atoms with Crippen molar-refractivity contribution in [3.05, 3.63) is 40.5 Å². The molecule has 10 nitrogen and oxygen atoms in total. The first-order chi connectivity index (χ1) is 12.7. The van der Waals surface area contributed by atoms with Gasteiger partial charge >= 0.3 is 11.9 Å². The number of hydrogen-bond donors (Lipinski definition) is 1. The molecule has 3 rings (SSSR count). The number of nitrogens with two attached hydrogens (primary N) is 1. The lowest BCUT2D eigenvalue weighted by Gasteiger charge is -2.04. The molecule has 0 aliphatic rings. The van der Waals surface area contributed by atoms with Gasteiger partial charge in [0.25, 0.3) is 0 Å². The van der Waals surface area contributed by atoms with Crippen LogP contribution in [0.1, 0.15) is 16.2 Å². The summed E-state index contributed by atoms with van der Waals surface area (Å²) >= 11 is 1.03. The molecule has 12 heteroatoms. The lowest BCUT2D eigenvalue weighted by Crippen LogP contribution is -2.22. The molecule has 0 fully saturated rings. The van der Waals surface area contributed by atoms with E-state index in [4.69, 9.17) is 9.66 Å². The molecule has 0 atom stereocenters. The first kappa shape index (κ1) is 18.9. The van der Waals surface area contributed by atoms with E-state index in [1.807, 2.05) is 0 Å². The molecule has 2 heterocycles. The van der Waals surface area contributed by atoms with Gasteiger partial charge in [0.2, 0.25) is 10.0 Å². The van der Waals surface area contributed by atoms with Gasteiger partial charge in [-0.1, -0.05) is 16.5 Å². The first-order valence-corrected chi connectivity index (χ1v) is 9.80. The number of esters is 1. The minimum Gasteiger partial charge on any atom is -0.468 e. The van der Waals surface area contributed by atoms with E-state index in [1.54, 1.807) is 6.92 Å². The average Bonchev–Trinajstić information content (AvgIpc) is 3.17. The van der Waals surface area contributed by atoms with Crippen LogP contribution in [0, 0.1) is 6.92 Å². The van der Waals surface area contributed by atoms with Crippen molar-refractivity contribution in [1.82, 2.24) is 9.72 Å². The Hall–Kier alpha value is -2.83. The van der Waals surface area contributed by atoms with Crippen molar-refractivity contribution < 1.29 is 27.3 Å². The summed E-state index contributed by atoms with van der Waals surface area (Å²) in [6.45, 7) is 1.42. The maximum atomic E-state index is 12.3. The summed E-state index contributed by atoms with van der Waals surface area (Å²) in [7, 11) is -2.67. The monoisotopic (exact) mass is 410 g/mol. The molecule has 0 saturated heterocycles. The van der Waals surface area contributed by atoms with Crippen LogP contribution in [0.2, 0.25) is 0 Å². The van der Waals surface area contributed by atoms with E-state index in [0.29, 0.717) is 16.0 Å². The average molecular weight is 410 g/mol. The van der Waals surface area contributed by atoms with E-state index in [-0.39, 0.29) is 21.9 Å². The summed E-state index contributed by atoms with van der Waals surface area (Å²) in [5.41, 5.74) is 0.514. The number of amides is 1. The number of sulfonamides is 1. The number of fused-ring (bicyclic) bond motifs is 1. The van der Waals surface area contributed by atoms with Gasteiger partial charge in [-0.3, -0.25) is 9.59 Å². The molecular formula is C15H14N4O6S2. The number of benzene rings is 1. The maximum Gasteiger partial charge on any atom is 0.325 e. The van der Waals surface area contributed by atoms with Gasteiger partial charge in [0.05, 0.1) is 22.2 Å². The lowest BCUT2D eigenvalue weighted by atomic mass is 10.3. The fourth-order valence-electron chi connectivity index (χ4n) is 2.27. The van der Waals surface area contributed by atoms with Crippen molar-refractivity contribution >= 4 is 43.5 Å². The fourth-order valence-corrected chi connectivity index (χ4v) is 3.96. The topological polar surface area (TPSA) is 147 Å². The van der Waals surface area contributed by atoms with Crippen molar-refractivity contribution in [1.29, 1.82) is 0 Å². The zero-order chi connectivity index (χ0) is 19.8. The third-order valence-corrected chi connectivity index (χ3v) is 5.49. The number of methoxy groups -OCH3 is 1. The van der Waals surface area contributed by atoms with Gasteiger partial charge in [-0.05, 0) is 25.1 Å². The fraction of sp³-hybridized carbons (Fsp3) is 0.200. The number of primary sulfonamides is 1. The van der Waals surface area contributed by atoms with Crippen LogP contribution in [0.4, 0.5) is 0 Å². The molecule has 1 aromatic carbocycles. The standard InChI is InChI=1S/C15H14N4O6S2/c1-8-5-10(18-25-8)14(21)17-15-19(7-13(20)24-2)11-4-3-9(27(16,22)23)6-12(11)26-15/h3-6H,7H2,1-2H3,(H2,16,22,23). The van der Waals surface area contributed by atoms with Crippen molar-refractivity contribution in [2.45, 2.75) is 18.4 Å². The zero-order valence-electron chi connectivity index (χ0n) is 14.2. The van der Waals surface area contributed by atoms with Gasteiger partial charge in [0, 0.05) is 6.07 Å². The predicted molar refractivity (Wildman–Crippen MR) is 94.3 cm³/mol. The van der Waals surface area contributed by atoms with Crippen molar-refractivity contribution in [2.75, 3.05) is 7.11 Å². The van der Waals surface area contributed by atoms with Crippen molar-refractivity contribution in [3.8, 4) is 0 Å². The normalized spacial score (nSPS) is 12.5. The van der Waals surface area contributed by atoms with Crippen LogP contribution in [-0.4, -0.2) is 37.1 Å². The number of rotatable bonds is 4. The van der Waals surface area contributed by atoms with Crippen LogP contribution in [0.3, 0.4) is 0 Å². The Morgan fingerprint density at radius 2 is 2.11 bits per heavy atom. The SMILES string of the molecule is COC(=O)Cn1c(=NC(=O)c2cc(C)on2)sc2cc(S(N)(=O)=O)ccc21. The number of aryl methyl sites for hydroxylation is 1. The largest absolute Gasteiger partial charge is 0.468 e. The molecule has 142 valence electrons. The predicted octanol–water partition coefficient (Wildman–Crippen LogP) is 0.561. The second kappa shape index (κ2) is 7.06. The van der Waals surface area contributed by atoms with Crippen LogP contribution in [0.15, 0.2) is 38.7 Å². The Bertz CT molecular complexity index is 1220. The summed E-state index contributed by atoms with van der Waals surface area (Å²) < 4.78 is 34.6. The highest BCUT2D eigenvalue weighted by Gasteiger charge is 2.16. The Kier molecular flexibility index (Phi) is 4.95. The van der Waals surface area contributed by atoms with E-state index in [1.165, 1.54) is 35.9 Å². The van der Waals surface area contributed by atoms with Crippen LogP contribution in [0.5, 0.6) is 0 Å². The van der Waals surface area contributed by atoms with E-state index in [0.717, 1.165) is 11.3 Å². The number of aromatic nitrogens is 2. The molecule has 3 aromatic rings. The summed E-state index contributed by atoms with van der Waals surface area (Å²) in [5.74, 6) is -0.773. The Balaban J connectivity index is 2.19. The van der Waals surface area contributed by atoms with Crippen LogP contribution < -0.4 is 9.94 Å². The molecule has 0 aliphatic heterocycles. The van der Waals surface area contributed by atoms with Crippen LogP contribution >= 0.6 is 11.3 Å². The first-order valence-electron chi connectivity index (χ1n) is 7.44. The van der Waals surface area contributed by atoms with E-state index < -0.39 is 21.9 Å². The molecule has 2 aromatic heterocycles. The molecule has 0 spiro atoms. The number of carbonyl (C=O) groups excluding carboxylic acids is 2. The summed E-state index contributed by atoms with van der Waals surface area (Å²) in [6.07, 6.45) is 0. The second-order valence-electron chi connectivity index (χ2n) is 5.46. The smallest absolute Gasteiger partial charge is 0.325 e. The Morgan fingerprint density at radius 1 is 1.37 bits per heavy atom. The highest BCUT2D eigenvalue weighted by molar-refractivity contribution is 7.89. The third kappa shape index (κ3) is 3.97. The Labute approximate surface area is 156 Å². The number of hydrogen-bond acceptors (Lipinski definition) is 8. The molecule has 0 bridgehead atoms. The molecular weight excluding hydrogens is 396 g/mol. The summed E-state index contributed by atoms with van der Waals surface area (Å²) in [4.78, 5) is 28.1. The van der Waals surface area contributed by atoms with Crippen LogP contribution in [-0.2, 0) is 26.1 Å². The molecule has 0 radical (unpaired) electrons. The zero-order valence-corrected chi connectivity index (χ0v) is 15.8. The van der Waals surface area contributed by atoms with Gasteiger partial charge in [0.1, 0.15) is 12.3 Å². The van der Waals surface area contributed by atoms with E-state index in [9.17, 15) is 18.0 Å². The molecule has 0 saturated carbocycles. The molecule has 0 aliphatic carbocycles. The minimum absolute atomic E-state index is 0.0137. The summed E-state index contributed by atoms with van der Waals surface area (Å²) in [6, 6.07) is 5.58. The number of thiazole rings is 1. The highest BCUT2D eigenvalue weighted by atomic mass is 32.2. The highest BCUT2D eigenvalue weighted by Crippen LogP contribution is 2.21. The third-order valence-electron chi connectivity index (χ3n) is 3.54. The van der Waals surface area contributed by atoms with Crippen LogP contribution in [0.25, 0.3) is 10.2 Å². The van der Waals surface area contributed by atoms with Gasteiger partial charge in [-0.2, -0.15) is 4.99 Å². The minimum atomic E-state index is -3.90. The molecule has 2 N–H and O–H groups in total. The Morgan fingerprint density at radius 3 is 2.70 bits per heavy atom. The van der Waals surface area contributed by atoms with Gasteiger partial charge in [-0.25, -0.2) is 13.6 Å². The van der Waals surface area contributed by atoms with Crippen molar-refractivity contribution in [3.63, 3.8) is 0 Å². The molecule has 1 amide bonds. The quantitative estimate of drug-likeness (QED) is 0.618. The number of ether oxygens (including phenoxy) is 1. The molecule has 0 unspecified atom stereocenters. The lowest BCUT2D eigenvalue weighted by molar-refractivity contribution is -0.141. The summed E-state index contributed by atoms with van der Waals surface area (Å²) in [5, 5.41) is 8.76. The van der Waals surface area contributed by atoms with E-state index in [2.05, 4.69) is 14.9 Å². The van der Waals surface area contributed by atoms with Crippen molar-refractivity contribution in [2.24, 2.45) is 10.1 Å². The second-order valence-corrected chi connectivity index (χ2v) is 8.03. The van der Waals surface area contributed by atoms with Gasteiger partial charge in [0.15, 0.2) is 10.5 Å². The van der Waals surface area contributed by atoms with E-state index >= 15 is 0 Å². The maximum absolute atomic E-state index is 12.3. The van der Waals surface area contributed by atoms with Gasteiger partial charge < -0.3 is 13.8 Å². The number of carbonyl (C=O) groups is 2. The number of nitrogens with zero attached hydrogens (tertiary/aromatic N) is 3.